The lowest BCUT2D eigenvalue weighted by molar-refractivity contribution is 0.0691. The van der Waals surface area contributed by atoms with Gasteiger partial charge in [0.05, 0.1) is 35.2 Å². The number of hydrogen-bond acceptors (Lipinski definition) is 5. The van der Waals surface area contributed by atoms with E-state index in [1.807, 2.05) is 4.90 Å². The van der Waals surface area contributed by atoms with E-state index >= 15 is 0 Å². The number of morpholine rings is 1. The highest BCUT2D eigenvalue weighted by Crippen LogP contribution is 2.31. The molecule has 0 radical (unpaired) electrons. The Morgan fingerprint density at radius 2 is 1.89 bits per heavy atom. The lowest BCUT2D eigenvalue weighted by atomic mass is 10.2. The van der Waals surface area contributed by atoms with Crippen molar-refractivity contribution in [3.8, 4) is 0 Å². The minimum Gasteiger partial charge on any atom is -0.478 e. The van der Waals surface area contributed by atoms with Gasteiger partial charge in [0.2, 0.25) is 0 Å². The summed E-state index contributed by atoms with van der Waals surface area (Å²) in [5.41, 5.74) is 0.180. The summed E-state index contributed by atoms with van der Waals surface area (Å²) >= 11 is 5.87. The molecule has 1 fully saturated rings. The number of carbonyl (C=O) groups is 1. The second kappa shape index (κ2) is 7.71. The van der Waals surface area contributed by atoms with Gasteiger partial charge in [-0.25, -0.2) is 17.6 Å². The van der Waals surface area contributed by atoms with Crippen molar-refractivity contribution in [1.82, 2.24) is 0 Å². The topological polar surface area (TPSA) is 95.9 Å². The summed E-state index contributed by atoms with van der Waals surface area (Å²) in [4.78, 5) is 12.6. The highest BCUT2D eigenvalue weighted by molar-refractivity contribution is 7.92. The Hall–Kier alpha value is -2.36. The van der Waals surface area contributed by atoms with E-state index in [4.69, 9.17) is 21.4 Å². The predicted octanol–water partition coefficient (Wildman–Crippen LogP) is 2.81. The number of carboxylic acids is 1. The highest BCUT2D eigenvalue weighted by Gasteiger charge is 2.25. The van der Waals surface area contributed by atoms with Crippen LogP contribution in [-0.2, 0) is 14.8 Å². The van der Waals surface area contributed by atoms with Gasteiger partial charge in [0.25, 0.3) is 10.0 Å². The Morgan fingerprint density at radius 1 is 1.22 bits per heavy atom. The van der Waals surface area contributed by atoms with Crippen LogP contribution >= 0.6 is 11.6 Å². The van der Waals surface area contributed by atoms with Crippen LogP contribution in [-0.4, -0.2) is 45.8 Å². The molecule has 0 atom stereocenters. The summed E-state index contributed by atoms with van der Waals surface area (Å²) in [5, 5.41) is 8.63. The van der Waals surface area contributed by atoms with Crippen LogP contribution in [0.5, 0.6) is 0 Å². The molecule has 1 heterocycles. The van der Waals surface area contributed by atoms with Crippen LogP contribution in [0.15, 0.2) is 41.3 Å². The number of hydrogen-bond donors (Lipinski definition) is 2. The second-order valence-electron chi connectivity index (χ2n) is 5.79. The van der Waals surface area contributed by atoms with Crippen molar-refractivity contribution in [3.63, 3.8) is 0 Å². The number of ether oxygens (including phenoxy) is 1. The third-order valence-corrected chi connectivity index (χ3v) is 5.87. The fourth-order valence-electron chi connectivity index (χ4n) is 2.74. The quantitative estimate of drug-likeness (QED) is 0.781. The molecule has 10 heteroatoms. The Bertz CT molecular complexity index is 977. The van der Waals surface area contributed by atoms with Crippen LogP contribution in [0, 0.1) is 5.82 Å². The first-order valence-electron chi connectivity index (χ1n) is 7.96. The van der Waals surface area contributed by atoms with Gasteiger partial charge in [-0.2, -0.15) is 0 Å². The van der Waals surface area contributed by atoms with Crippen LogP contribution in [0.2, 0.25) is 5.02 Å². The standard InChI is InChI=1S/C17H16ClFN2O5S/c18-12-10-13(19)11(17(22)23)9-16(12)27(24,25)20-14-3-1-2-4-15(14)21-5-7-26-8-6-21/h1-4,9-10,20H,5-8H2,(H,22,23). The molecular formula is C17H16ClFN2O5S. The number of benzene rings is 2. The molecule has 3 rings (SSSR count). The molecule has 2 N–H and O–H groups in total. The average Bonchev–Trinajstić information content (AvgIpc) is 2.62. The highest BCUT2D eigenvalue weighted by atomic mass is 35.5. The Kier molecular flexibility index (Phi) is 5.54. The SMILES string of the molecule is O=C(O)c1cc(S(=O)(=O)Nc2ccccc2N2CCOCC2)c(Cl)cc1F. The monoisotopic (exact) mass is 414 g/mol. The summed E-state index contributed by atoms with van der Waals surface area (Å²) in [6.45, 7) is 2.23. The first-order valence-corrected chi connectivity index (χ1v) is 9.82. The van der Waals surface area contributed by atoms with Gasteiger partial charge in [0, 0.05) is 13.1 Å². The van der Waals surface area contributed by atoms with E-state index in [0.29, 0.717) is 49.8 Å². The van der Waals surface area contributed by atoms with Gasteiger partial charge < -0.3 is 14.7 Å². The van der Waals surface area contributed by atoms with Gasteiger partial charge in [-0.05, 0) is 24.3 Å². The van der Waals surface area contributed by atoms with Crippen LogP contribution in [0.1, 0.15) is 10.4 Å². The summed E-state index contributed by atoms with van der Waals surface area (Å²) in [6, 6.07) is 8.16. The Morgan fingerprint density at radius 3 is 2.56 bits per heavy atom. The van der Waals surface area contributed by atoms with Crippen molar-refractivity contribution in [2.24, 2.45) is 0 Å². The number of halogens is 2. The lowest BCUT2D eigenvalue weighted by Gasteiger charge is -2.30. The van der Waals surface area contributed by atoms with E-state index in [1.54, 1.807) is 24.3 Å². The molecule has 144 valence electrons. The van der Waals surface area contributed by atoms with Gasteiger partial charge in [0.1, 0.15) is 10.7 Å². The summed E-state index contributed by atoms with van der Waals surface area (Å²) in [5.74, 6) is -2.70. The van der Waals surface area contributed by atoms with E-state index in [1.165, 1.54) is 0 Å². The number of aromatic carboxylic acids is 1. The lowest BCUT2D eigenvalue weighted by Crippen LogP contribution is -2.36. The number of sulfonamides is 1. The molecule has 0 amide bonds. The molecule has 0 spiro atoms. The third kappa shape index (κ3) is 4.15. The number of para-hydroxylation sites is 2. The molecule has 0 unspecified atom stereocenters. The maximum absolute atomic E-state index is 13.7. The summed E-state index contributed by atoms with van der Waals surface area (Å²) in [7, 11) is -4.25. The largest absolute Gasteiger partial charge is 0.478 e. The van der Waals surface area contributed by atoms with E-state index < -0.39 is 37.3 Å². The average molecular weight is 415 g/mol. The van der Waals surface area contributed by atoms with Gasteiger partial charge in [-0.15, -0.1) is 0 Å². The van der Waals surface area contributed by atoms with E-state index in [-0.39, 0.29) is 0 Å². The zero-order valence-electron chi connectivity index (χ0n) is 14.0. The maximum atomic E-state index is 13.7. The molecule has 1 aliphatic rings. The van der Waals surface area contributed by atoms with Gasteiger partial charge in [0.15, 0.2) is 0 Å². The summed E-state index contributed by atoms with van der Waals surface area (Å²) < 4.78 is 47.0. The van der Waals surface area contributed by atoms with E-state index in [9.17, 15) is 17.6 Å². The first kappa shape index (κ1) is 19.4. The van der Waals surface area contributed by atoms with Crippen molar-refractivity contribution < 1.29 is 27.4 Å². The molecule has 0 saturated carbocycles. The normalized spacial score (nSPS) is 14.8. The number of nitrogens with one attached hydrogen (secondary N) is 1. The van der Waals surface area contributed by atoms with Crippen molar-refractivity contribution in [1.29, 1.82) is 0 Å². The van der Waals surface area contributed by atoms with Crippen molar-refractivity contribution in [2.45, 2.75) is 4.90 Å². The minimum absolute atomic E-state index is 0.302. The van der Waals surface area contributed by atoms with Crippen molar-refractivity contribution in [2.75, 3.05) is 35.9 Å². The molecule has 7 nitrogen and oxygen atoms in total. The Balaban J connectivity index is 1.99. The van der Waals surface area contributed by atoms with E-state index in [2.05, 4.69) is 4.72 Å². The number of rotatable bonds is 5. The van der Waals surface area contributed by atoms with Crippen LogP contribution in [0.4, 0.5) is 15.8 Å². The zero-order valence-corrected chi connectivity index (χ0v) is 15.6. The molecule has 1 saturated heterocycles. The molecule has 2 aromatic rings. The number of anilines is 2. The number of nitrogens with zero attached hydrogens (tertiary/aromatic N) is 1. The smallest absolute Gasteiger partial charge is 0.338 e. The third-order valence-electron chi connectivity index (χ3n) is 4.04. The number of carboxylic acid groups (broad SMARTS) is 1. The van der Waals surface area contributed by atoms with Crippen LogP contribution in [0.25, 0.3) is 0 Å². The van der Waals surface area contributed by atoms with Crippen molar-refractivity contribution >= 4 is 39.0 Å². The molecule has 27 heavy (non-hydrogen) atoms. The predicted molar refractivity (Wildman–Crippen MR) is 98.7 cm³/mol. The molecule has 0 aromatic heterocycles. The van der Waals surface area contributed by atoms with Gasteiger partial charge >= 0.3 is 5.97 Å². The molecule has 2 aromatic carbocycles. The van der Waals surface area contributed by atoms with E-state index in [0.717, 1.165) is 0 Å². The fourth-order valence-corrected chi connectivity index (χ4v) is 4.35. The second-order valence-corrected chi connectivity index (χ2v) is 7.85. The molecule has 1 aliphatic heterocycles. The zero-order chi connectivity index (χ0) is 19.6. The van der Waals surface area contributed by atoms with Crippen LogP contribution in [0.3, 0.4) is 0 Å². The first-order chi connectivity index (χ1) is 12.8. The fraction of sp³-hybridized carbons (Fsp3) is 0.235. The minimum atomic E-state index is -4.25. The molecule has 0 bridgehead atoms. The Labute approximate surface area is 160 Å². The molecule has 0 aliphatic carbocycles. The maximum Gasteiger partial charge on any atom is 0.338 e. The van der Waals surface area contributed by atoms with Crippen molar-refractivity contribution in [3.05, 3.63) is 52.8 Å². The van der Waals surface area contributed by atoms with Gasteiger partial charge in [-0.1, -0.05) is 23.7 Å². The molecular weight excluding hydrogens is 399 g/mol. The van der Waals surface area contributed by atoms with Gasteiger partial charge in [-0.3, -0.25) is 4.72 Å². The summed E-state index contributed by atoms with van der Waals surface area (Å²) in [6.07, 6.45) is 0. The van der Waals surface area contributed by atoms with Crippen LogP contribution < -0.4 is 9.62 Å².